The number of hydrogen-bond donors (Lipinski definition) is 5. The van der Waals surface area contributed by atoms with Crippen LogP contribution < -0.4 is 31.5 Å². The summed E-state index contributed by atoms with van der Waals surface area (Å²) in [5, 5.41) is 28.6. The molecule has 3 atom stereocenters. The third kappa shape index (κ3) is 35.3. The SMILES string of the molecule is CCC(=O)OC(CCCCCNC(=O)CCOCCOCCOCCOCCOCCC(=O)NCCC(=O)N1Cc2ccccc2-c2c(nnn2CCCC[C@@H](NC(=O)c2ccc(/C=N/OCC(=O)NCCCCCC(CS(=O)(=O)N3CCOCC3)OC(=O)CC(C(C)C)(C(C)C)C(C)C)cc2)C(=O)NC(C(C)C)(C(C)C)C(C)C)-c2ccccc21)CS(=O)(=O)c1ccccc1. The highest BCUT2D eigenvalue weighted by atomic mass is 32.2. The van der Waals surface area contributed by atoms with Gasteiger partial charge in [-0.1, -0.05) is 186 Å². The van der Waals surface area contributed by atoms with E-state index in [0.29, 0.717) is 171 Å². The Morgan fingerprint density at radius 3 is 1.61 bits per heavy atom. The number of unbranched alkanes of at least 4 members (excludes halogenated alkanes) is 5. The van der Waals surface area contributed by atoms with Crippen molar-refractivity contribution < 1.29 is 97.9 Å². The van der Waals surface area contributed by atoms with Crippen LogP contribution in [-0.2, 0) is 109 Å². The van der Waals surface area contributed by atoms with E-state index in [2.05, 4.69) is 115 Å². The lowest BCUT2D eigenvalue weighted by atomic mass is 9.60. The summed E-state index contributed by atoms with van der Waals surface area (Å²) >= 11 is 0. The minimum absolute atomic E-state index is 0.0237. The number of oxime groups is 1. The molecular formula is C97H147N11O21S2. The van der Waals surface area contributed by atoms with Crippen LogP contribution in [0.25, 0.3) is 22.5 Å². The molecule has 0 aliphatic carbocycles. The number of aromatic nitrogens is 3. The van der Waals surface area contributed by atoms with E-state index in [9.17, 15) is 55.2 Å². The number of ether oxygens (including phenoxy) is 8. The number of nitrogens with one attached hydrogen (secondary N) is 5. The van der Waals surface area contributed by atoms with Crippen LogP contribution >= 0.6 is 0 Å². The number of carbonyl (C=O) groups is 8. The lowest BCUT2D eigenvalue weighted by Gasteiger charge is -2.46. The average Bonchev–Trinajstić information content (AvgIpc) is 1.68. The molecule has 1 fully saturated rings. The summed E-state index contributed by atoms with van der Waals surface area (Å²) in [7, 11) is -7.35. The fourth-order valence-corrected chi connectivity index (χ4v) is 20.7. The Morgan fingerprint density at radius 1 is 0.534 bits per heavy atom. The van der Waals surface area contributed by atoms with Crippen molar-refractivity contribution in [3.05, 3.63) is 120 Å². The number of anilines is 1. The Hall–Kier alpha value is -9.13. The van der Waals surface area contributed by atoms with Crippen LogP contribution in [0.1, 0.15) is 214 Å². The molecule has 4 aromatic carbocycles. The molecular weight excluding hydrogens is 1720 g/mol. The fraction of sp³-hybridized carbons (Fsp3) is 0.639. The van der Waals surface area contributed by atoms with Gasteiger partial charge in [-0.25, -0.2) is 21.5 Å². The third-order valence-corrected chi connectivity index (χ3v) is 28.4. The Balaban J connectivity index is 0.791. The van der Waals surface area contributed by atoms with Crippen LogP contribution in [0.3, 0.4) is 0 Å². The second-order valence-electron chi connectivity index (χ2n) is 35.5. The van der Waals surface area contributed by atoms with Crippen LogP contribution in [0, 0.1) is 40.9 Å². The number of morpholine rings is 1. The van der Waals surface area contributed by atoms with Crippen LogP contribution in [0.15, 0.2) is 113 Å². The number of sulfonamides is 1. The molecule has 0 saturated carbocycles. The van der Waals surface area contributed by atoms with Gasteiger partial charge in [0.1, 0.15) is 29.7 Å². The largest absolute Gasteiger partial charge is 0.461 e. The Kier molecular flexibility index (Phi) is 47.2. The maximum absolute atomic E-state index is 14.8. The Labute approximate surface area is 776 Å². The molecule has 1 aromatic heterocycles. The summed E-state index contributed by atoms with van der Waals surface area (Å²) < 4.78 is 101. The van der Waals surface area contributed by atoms with Crippen molar-refractivity contribution in [2.24, 2.45) is 46.1 Å². The number of rotatable bonds is 63. The van der Waals surface area contributed by atoms with E-state index in [1.54, 1.807) is 54.3 Å². The molecule has 1 saturated heterocycles. The minimum Gasteiger partial charge on any atom is -0.461 e. The fourth-order valence-electron chi connectivity index (χ4n) is 17.6. The van der Waals surface area contributed by atoms with Gasteiger partial charge in [0.25, 0.3) is 11.8 Å². The van der Waals surface area contributed by atoms with Crippen molar-refractivity contribution in [2.75, 3.05) is 135 Å². The zero-order chi connectivity index (χ0) is 95.4. The van der Waals surface area contributed by atoms with Crippen molar-refractivity contribution in [1.82, 2.24) is 45.9 Å². The van der Waals surface area contributed by atoms with Crippen LogP contribution in [-0.4, -0.2) is 244 Å². The number of benzene rings is 4. The van der Waals surface area contributed by atoms with Crippen molar-refractivity contribution >= 4 is 79.1 Å². The number of hydrogen-bond acceptors (Lipinski definition) is 24. The number of sulfone groups is 1. The highest BCUT2D eigenvalue weighted by molar-refractivity contribution is 7.91. The molecule has 5 aromatic rings. The average molecular weight is 1870 g/mol. The van der Waals surface area contributed by atoms with E-state index in [1.165, 1.54) is 22.7 Å². The molecule has 7 rings (SSSR count). The number of nitrogens with zero attached hydrogens (tertiary/aromatic N) is 6. The molecule has 32 nitrogen and oxygen atoms in total. The first-order valence-electron chi connectivity index (χ1n) is 46.9. The predicted octanol–water partition coefficient (Wildman–Crippen LogP) is 12.0. The van der Waals surface area contributed by atoms with Gasteiger partial charge in [0.05, 0.1) is 120 Å². The quantitative estimate of drug-likeness (QED) is 0.0104. The van der Waals surface area contributed by atoms with Crippen LogP contribution in [0.2, 0.25) is 0 Å². The second kappa shape index (κ2) is 56.8. The number of esters is 2. The summed E-state index contributed by atoms with van der Waals surface area (Å²) in [6.45, 7) is 32.3. The van der Waals surface area contributed by atoms with Crippen molar-refractivity contribution in [3.8, 4) is 22.5 Å². The normalized spacial score (nSPS) is 14.1. The lowest BCUT2D eigenvalue weighted by Crippen LogP contribution is -2.63. The third-order valence-electron chi connectivity index (χ3n) is 24.6. The minimum atomic E-state index is -3.73. The highest BCUT2D eigenvalue weighted by Crippen LogP contribution is 2.47. The number of carbonyl (C=O) groups excluding carboxylic acids is 8. The summed E-state index contributed by atoms with van der Waals surface area (Å²) in [4.78, 5) is 114. The molecule has 0 spiro atoms. The van der Waals surface area contributed by atoms with Crippen molar-refractivity contribution in [2.45, 2.75) is 235 Å². The number of para-hydroxylation sites is 1. The van der Waals surface area contributed by atoms with E-state index in [-0.39, 0.29) is 172 Å². The van der Waals surface area contributed by atoms with Gasteiger partial charge in [-0.05, 0) is 140 Å². The lowest BCUT2D eigenvalue weighted by molar-refractivity contribution is -0.155. The zero-order valence-corrected chi connectivity index (χ0v) is 81.2. The van der Waals surface area contributed by atoms with E-state index in [0.717, 1.165) is 23.2 Å². The Morgan fingerprint density at radius 2 is 1.05 bits per heavy atom. The van der Waals surface area contributed by atoms with Crippen molar-refractivity contribution in [3.63, 3.8) is 0 Å². The summed E-state index contributed by atoms with van der Waals surface area (Å²) in [6, 6.07) is 29.2. The van der Waals surface area contributed by atoms with Gasteiger partial charge in [-0.3, -0.25) is 38.4 Å². The molecule has 2 aliphatic heterocycles. The summed E-state index contributed by atoms with van der Waals surface area (Å²) in [5.74, 6) is -2.40. The number of amides is 6. The maximum Gasteiger partial charge on any atom is 0.306 e. The van der Waals surface area contributed by atoms with Gasteiger partial charge in [0, 0.05) is 87.2 Å². The van der Waals surface area contributed by atoms with Crippen LogP contribution in [0.4, 0.5) is 5.69 Å². The summed E-state index contributed by atoms with van der Waals surface area (Å²) in [6.07, 6.45) is 6.47. The predicted molar refractivity (Wildman–Crippen MR) is 503 cm³/mol. The van der Waals surface area contributed by atoms with E-state index in [4.69, 9.17) is 53.0 Å². The van der Waals surface area contributed by atoms with Gasteiger partial charge >= 0.3 is 11.9 Å². The number of aryl methyl sites for hydroxylation is 1. The van der Waals surface area contributed by atoms with Gasteiger partial charge in [0.2, 0.25) is 33.7 Å². The molecule has 2 unspecified atom stereocenters. The Bertz CT molecular complexity index is 4560. The topological polar surface area (TPSA) is 398 Å². The molecule has 34 heteroatoms. The molecule has 0 radical (unpaired) electrons. The molecule has 3 heterocycles. The smallest absolute Gasteiger partial charge is 0.306 e. The van der Waals surface area contributed by atoms with Crippen LogP contribution in [0.5, 0.6) is 0 Å². The van der Waals surface area contributed by atoms with Gasteiger partial charge in [-0.15, -0.1) is 5.10 Å². The zero-order valence-electron chi connectivity index (χ0n) is 79.5. The van der Waals surface area contributed by atoms with Gasteiger partial charge < -0.3 is 74.2 Å². The van der Waals surface area contributed by atoms with E-state index >= 15 is 0 Å². The first kappa shape index (κ1) is 109. The summed E-state index contributed by atoms with van der Waals surface area (Å²) in [5.41, 5.74) is 4.42. The van der Waals surface area contributed by atoms with E-state index < -0.39 is 61.5 Å². The molecule has 728 valence electrons. The van der Waals surface area contributed by atoms with E-state index in [1.807, 2.05) is 53.2 Å². The highest BCUT2D eigenvalue weighted by Gasteiger charge is 2.45. The molecule has 5 N–H and O–H groups in total. The standard InChI is InChI=1S/C97H147N11O21S2/c1-14-90(113)128-79(68-130(117,118)81-33-20-15-21-34-81)31-18-16-27-46-98-86(109)44-52-121-56-58-124-60-62-126-63-61-125-59-57-122-53-45-87(110)100-48-43-89(112)107-66-78-30-22-23-35-82(78)93-92(83-36-24-25-38-85(83)107)104-105-108(93)49-29-26-37-84(95(116)103-97(73(8)9,74(10)11)75(12)13)102-94(115)77-41-39-76(40-42-77)65-101-127-67-88(111)99-47-28-17-19-32-80(69-131(119,120)106-50-54-123-55-51-106)129-91(114)64-96(70(2)3,71(4)5)72(6)7/h15,20-25,30,33-36,38-42,65,70-75,79-80,84H,14,16-19,26-29,31-32,37,43-64,66-69H2,1-13H3,(H,98,109)(H,99,111)(H,100,110)(H,102,115)(H,103,116)/b101-65+/t79?,80?,84-/m1/s1. The maximum atomic E-state index is 14.8. The monoisotopic (exact) mass is 1870 g/mol. The van der Waals surface area contributed by atoms with Gasteiger partial charge in [0.15, 0.2) is 16.4 Å². The van der Waals surface area contributed by atoms with Crippen molar-refractivity contribution in [1.29, 1.82) is 0 Å². The molecule has 2 aliphatic rings. The van der Waals surface area contributed by atoms with Gasteiger partial charge in [-0.2, -0.15) is 4.31 Å². The molecule has 131 heavy (non-hydrogen) atoms. The first-order valence-corrected chi connectivity index (χ1v) is 50.2. The first-order chi connectivity index (χ1) is 62.7. The molecule has 0 bridgehead atoms. The molecule has 6 amide bonds. The second-order valence-corrected chi connectivity index (χ2v) is 39.5. The number of fused-ring (bicyclic) bond motifs is 5.